The van der Waals surface area contributed by atoms with Gasteiger partial charge in [-0.25, -0.2) is 9.36 Å². The molecule has 1 saturated carbocycles. The Kier molecular flexibility index (Phi) is 8.33. The second-order valence-corrected chi connectivity index (χ2v) is 13.0. The second kappa shape index (κ2) is 12.7. The van der Waals surface area contributed by atoms with Crippen LogP contribution in [0, 0.1) is 36.5 Å². The Hall–Kier alpha value is -3.80. The first kappa shape index (κ1) is 28.9. The summed E-state index contributed by atoms with van der Waals surface area (Å²) in [5.74, 6) is 13.5. The molecule has 0 amide bonds. The zero-order valence-electron chi connectivity index (χ0n) is 24.9. The van der Waals surface area contributed by atoms with Crippen LogP contribution >= 0.6 is 11.3 Å². The number of hydrogen-bond acceptors (Lipinski definition) is 8. The van der Waals surface area contributed by atoms with Gasteiger partial charge in [0.25, 0.3) is 0 Å². The first-order valence-electron chi connectivity index (χ1n) is 15.5. The van der Waals surface area contributed by atoms with Crippen molar-refractivity contribution in [2.45, 2.75) is 82.8 Å². The third-order valence-corrected chi connectivity index (χ3v) is 9.40. The van der Waals surface area contributed by atoms with Crippen LogP contribution in [-0.4, -0.2) is 66.1 Å². The number of aliphatic hydroxyl groups is 1. The number of thiophene rings is 1. The molecular formula is C34H36N6O3S. The predicted octanol–water partition coefficient (Wildman–Crippen LogP) is 4.87. The molecule has 2 aliphatic heterocycles. The molecule has 5 heterocycles. The standard InChI is InChI=1S/C34H36N6O3S/c1-24-33(36-38-40(24)21-29-4-2-3-16-42-29)28-11-9-26(10-12-28)13-14-34(41)15-17-43-30(19-34)20-39-22-31(35-37-39)32-18-27(23-44-32)8-7-25-5-6-25/h9-12,18,22-23,25,29-30,41H,2-6,15-17,19-21H2,1H3/t29-,30-,34?/m1/s1. The molecule has 1 aliphatic carbocycles. The van der Waals surface area contributed by atoms with Crippen LogP contribution in [0.1, 0.15) is 61.8 Å². The van der Waals surface area contributed by atoms with E-state index in [-0.39, 0.29) is 12.2 Å². The van der Waals surface area contributed by atoms with Gasteiger partial charge in [-0.05, 0) is 57.2 Å². The summed E-state index contributed by atoms with van der Waals surface area (Å²) in [6, 6.07) is 10.0. The highest BCUT2D eigenvalue weighted by molar-refractivity contribution is 7.13. The van der Waals surface area contributed by atoms with E-state index in [4.69, 9.17) is 9.47 Å². The van der Waals surface area contributed by atoms with Gasteiger partial charge in [0, 0.05) is 47.4 Å². The average molecular weight is 609 g/mol. The van der Waals surface area contributed by atoms with Crippen LogP contribution < -0.4 is 0 Å². The summed E-state index contributed by atoms with van der Waals surface area (Å²) in [5.41, 5.74) is 4.44. The molecule has 0 bridgehead atoms. The van der Waals surface area contributed by atoms with E-state index in [1.54, 1.807) is 16.0 Å². The fourth-order valence-electron chi connectivity index (χ4n) is 5.67. The molecule has 7 rings (SSSR count). The van der Waals surface area contributed by atoms with E-state index in [1.807, 2.05) is 42.1 Å². The van der Waals surface area contributed by atoms with Crippen LogP contribution in [0.2, 0.25) is 0 Å². The molecule has 3 aliphatic rings. The zero-order chi connectivity index (χ0) is 29.9. The summed E-state index contributed by atoms with van der Waals surface area (Å²) in [5, 5.41) is 30.9. The molecule has 226 valence electrons. The Bertz CT molecular complexity index is 1730. The minimum atomic E-state index is -1.13. The van der Waals surface area contributed by atoms with E-state index in [9.17, 15) is 5.11 Å². The van der Waals surface area contributed by atoms with E-state index >= 15 is 0 Å². The Morgan fingerprint density at radius 1 is 0.977 bits per heavy atom. The van der Waals surface area contributed by atoms with Gasteiger partial charge in [0.2, 0.25) is 0 Å². The van der Waals surface area contributed by atoms with Gasteiger partial charge < -0.3 is 14.6 Å². The fraction of sp³-hybridized carbons (Fsp3) is 0.471. The summed E-state index contributed by atoms with van der Waals surface area (Å²) in [6.07, 6.45) is 8.63. The lowest BCUT2D eigenvalue weighted by Crippen LogP contribution is -2.41. The summed E-state index contributed by atoms with van der Waals surface area (Å²) in [7, 11) is 0. The topological polar surface area (TPSA) is 100 Å². The number of benzene rings is 1. The molecule has 10 heteroatoms. The highest BCUT2D eigenvalue weighted by atomic mass is 32.1. The quantitative estimate of drug-likeness (QED) is 0.312. The largest absolute Gasteiger partial charge is 0.377 e. The number of aromatic nitrogens is 6. The predicted molar refractivity (Wildman–Crippen MR) is 168 cm³/mol. The van der Waals surface area contributed by atoms with Crippen molar-refractivity contribution in [2.24, 2.45) is 5.92 Å². The average Bonchev–Trinajstić information content (AvgIpc) is 3.37. The number of ether oxygens (including phenoxy) is 2. The van der Waals surface area contributed by atoms with Gasteiger partial charge in [0.05, 0.1) is 48.7 Å². The zero-order valence-corrected chi connectivity index (χ0v) is 25.7. The third-order valence-electron chi connectivity index (χ3n) is 8.44. The summed E-state index contributed by atoms with van der Waals surface area (Å²) >= 11 is 1.63. The van der Waals surface area contributed by atoms with Crippen molar-refractivity contribution in [1.29, 1.82) is 0 Å². The highest BCUT2D eigenvalue weighted by Gasteiger charge is 2.34. The summed E-state index contributed by atoms with van der Waals surface area (Å²) in [6.45, 7) is 4.54. The lowest BCUT2D eigenvalue weighted by atomic mass is 9.90. The van der Waals surface area contributed by atoms with Gasteiger partial charge >= 0.3 is 0 Å². The molecule has 1 unspecified atom stereocenters. The molecule has 3 fully saturated rings. The maximum atomic E-state index is 11.3. The van der Waals surface area contributed by atoms with Crippen molar-refractivity contribution >= 4 is 11.3 Å². The Morgan fingerprint density at radius 2 is 1.84 bits per heavy atom. The van der Waals surface area contributed by atoms with Crippen LogP contribution in [-0.2, 0) is 22.6 Å². The van der Waals surface area contributed by atoms with Crippen molar-refractivity contribution < 1.29 is 14.6 Å². The molecule has 1 aromatic carbocycles. The van der Waals surface area contributed by atoms with Gasteiger partial charge in [-0.2, -0.15) is 0 Å². The van der Waals surface area contributed by atoms with Crippen molar-refractivity contribution in [3.05, 3.63) is 58.7 Å². The highest BCUT2D eigenvalue weighted by Crippen LogP contribution is 2.30. The molecule has 4 aromatic rings. The first-order valence-corrected chi connectivity index (χ1v) is 16.4. The van der Waals surface area contributed by atoms with E-state index in [1.165, 1.54) is 19.3 Å². The van der Waals surface area contributed by atoms with Crippen LogP contribution in [0.4, 0.5) is 0 Å². The lowest BCUT2D eigenvalue weighted by Gasteiger charge is -2.33. The molecule has 9 nitrogen and oxygen atoms in total. The first-order chi connectivity index (χ1) is 21.5. The van der Waals surface area contributed by atoms with E-state index in [2.05, 4.69) is 55.8 Å². The Balaban J connectivity index is 0.961. The van der Waals surface area contributed by atoms with Gasteiger partial charge in [-0.1, -0.05) is 46.2 Å². The maximum Gasteiger partial charge on any atom is 0.130 e. The monoisotopic (exact) mass is 608 g/mol. The third kappa shape index (κ3) is 6.95. The number of hydrogen-bond donors (Lipinski definition) is 1. The van der Waals surface area contributed by atoms with Gasteiger partial charge in [0.15, 0.2) is 0 Å². The van der Waals surface area contributed by atoms with E-state index < -0.39 is 5.60 Å². The normalized spacial score (nSPS) is 23.4. The Labute approximate surface area is 261 Å². The van der Waals surface area contributed by atoms with Gasteiger partial charge in [-0.15, -0.1) is 21.5 Å². The molecule has 3 atom stereocenters. The molecule has 2 saturated heterocycles. The minimum absolute atomic E-state index is 0.204. The maximum absolute atomic E-state index is 11.3. The summed E-state index contributed by atoms with van der Waals surface area (Å²) < 4.78 is 15.6. The molecule has 1 N–H and O–H groups in total. The molecular weight excluding hydrogens is 572 g/mol. The molecule has 3 aromatic heterocycles. The molecule has 0 spiro atoms. The van der Waals surface area contributed by atoms with Crippen molar-refractivity contribution in [3.63, 3.8) is 0 Å². The van der Waals surface area contributed by atoms with Crippen LogP contribution in [0.5, 0.6) is 0 Å². The molecule has 44 heavy (non-hydrogen) atoms. The van der Waals surface area contributed by atoms with Gasteiger partial charge in [-0.3, -0.25) is 0 Å². The number of nitrogens with zero attached hydrogens (tertiary/aromatic N) is 6. The second-order valence-electron chi connectivity index (χ2n) is 12.1. The van der Waals surface area contributed by atoms with Crippen molar-refractivity contribution in [3.8, 4) is 45.5 Å². The molecule has 0 radical (unpaired) electrons. The lowest BCUT2D eigenvalue weighted by molar-refractivity contribution is -0.0805. The van der Waals surface area contributed by atoms with Gasteiger partial charge in [0.1, 0.15) is 17.0 Å². The van der Waals surface area contributed by atoms with E-state index in [0.717, 1.165) is 64.6 Å². The summed E-state index contributed by atoms with van der Waals surface area (Å²) in [4.78, 5) is 1.04. The Morgan fingerprint density at radius 3 is 2.66 bits per heavy atom. The minimum Gasteiger partial charge on any atom is -0.377 e. The van der Waals surface area contributed by atoms with Crippen LogP contribution in [0.15, 0.2) is 41.9 Å². The van der Waals surface area contributed by atoms with Crippen LogP contribution in [0.25, 0.3) is 21.8 Å². The van der Waals surface area contributed by atoms with Crippen molar-refractivity contribution in [2.75, 3.05) is 13.2 Å². The number of rotatable bonds is 6. The van der Waals surface area contributed by atoms with Crippen molar-refractivity contribution in [1.82, 2.24) is 30.0 Å². The SMILES string of the molecule is Cc1c(-c2ccc(C#CC3(O)CCO[C@@H](Cn4cc(-c5cc(C#CC6CC6)cs5)nn4)C3)cc2)nnn1C[C@H]1CCCCO1. The van der Waals surface area contributed by atoms with E-state index in [0.29, 0.717) is 31.9 Å². The van der Waals surface area contributed by atoms with Crippen LogP contribution in [0.3, 0.4) is 0 Å². The smallest absolute Gasteiger partial charge is 0.130 e. The fourth-order valence-corrected chi connectivity index (χ4v) is 6.46.